The Morgan fingerprint density at radius 1 is 0.350 bits per heavy atom. The number of rotatable bonds is 6. The van der Waals surface area contributed by atoms with Crippen LogP contribution in [0.5, 0.6) is 0 Å². The Kier molecular flexibility index (Phi) is 11.6. The van der Waals surface area contributed by atoms with Crippen molar-refractivity contribution in [2.45, 2.75) is 143 Å². The van der Waals surface area contributed by atoms with E-state index in [1.165, 1.54) is 33.4 Å². The molecule has 0 unspecified atom stereocenters. The third-order valence-electron chi connectivity index (χ3n) is 12.7. The smallest absolute Gasteiger partial charge is 0.226 e. The molecule has 314 valence electrons. The van der Waals surface area contributed by atoms with E-state index in [4.69, 9.17) is 0 Å². The van der Waals surface area contributed by atoms with Crippen molar-refractivity contribution >= 4 is 23.2 Å². The molecule has 5 aromatic rings. The maximum Gasteiger partial charge on any atom is 0.226 e. The quantitative estimate of drug-likeness (QED) is 0.172. The van der Waals surface area contributed by atoms with Crippen molar-refractivity contribution in [2.75, 3.05) is 22.9 Å². The highest BCUT2D eigenvalue weighted by atomic mass is 16.2. The second-order valence-corrected chi connectivity index (χ2v) is 21.6. The van der Waals surface area contributed by atoms with Crippen LogP contribution in [-0.4, -0.2) is 24.9 Å². The number of nitrogens with zero attached hydrogens (tertiary/aromatic N) is 2. The predicted molar refractivity (Wildman–Crippen MR) is 255 cm³/mol. The topological polar surface area (TPSA) is 40.6 Å². The third kappa shape index (κ3) is 9.19. The standard InChI is InChI=1S/C56H68N2O2/c1-53(2,3)43-29-41(30-44(33-43)54(4,5)6)37-19-23-39(24-20-37)47-35-50(58-28-16-14-18-52(58)60)48(36-49(47)57-27-15-13-17-51(57)59)40-25-21-38(22-26-40)42-31-45(55(7,8)9)34-46(32-42)56(10,11)12/h19-26,29-36H,13-18,27-28H2,1-12H3. The number of carbonyl (C=O) groups is 2. The molecule has 4 heteroatoms. The second-order valence-electron chi connectivity index (χ2n) is 21.6. The van der Waals surface area contributed by atoms with Gasteiger partial charge in [-0.3, -0.25) is 9.59 Å². The molecule has 2 fully saturated rings. The van der Waals surface area contributed by atoms with Gasteiger partial charge in [0.05, 0.1) is 11.4 Å². The molecule has 5 aromatic carbocycles. The minimum absolute atomic E-state index is 0.0172. The van der Waals surface area contributed by atoms with E-state index in [9.17, 15) is 9.59 Å². The van der Waals surface area contributed by atoms with E-state index in [0.29, 0.717) is 25.9 Å². The summed E-state index contributed by atoms with van der Waals surface area (Å²) < 4.78 is 0. The fraction of sp³-hybridized carbons (Fsp3) is 0.429. The molecule has 2 amide bonds. The molecule has 4 nitrogen and oxygen atoms in total. The van der Waals surface area contributed by atoms with E-state index in [2.05, 4.69) is 180 Å². The van der Waals surface area contributed by atoms with Crippen molar-refractivity contribution in [2.24, 2.45) is 0 Å². The van der Waals surface area contributed by atoms with Crippen molar-refractivity contribution in [1.82, 2.24) is 0 Å². The first-order valence-electron chi connectivity index (χ1n) is 22.4. The normalized spacial score (nSPS) is 15.8. The summed E-state index contributed by atoms with van der Waals surface area (Å²) in [6.07, 6.45) is 4.82. The zero-order valence-corrected chi connectivity index (χ0v) is 38.6. The number of piperidine rings is 2. The molecule has 2 aliphatic heterocycles. The first kappa shape index (κ1) is 43.1. The van der Waals surface area contributed by atoms with Crippen LogP contribution >= 0.6 is 0 Å². The maximum absolute atomic E-state index is 13.8. The number of benzene rings is 5. The second kappa shape index (κ2) is 16.1. The number of hydrogen-bond acceptors (Lipinski definition) is 2. The van der Waals surface area contributed by atoms with Crippen LogP contribution in [0.4, 0.5) is 11.4 Å². The van der Waals surface area contributed by atoms with Gasteiger partial charge in [0.15, 0.2) is 0 Å². The highest BCUT2D eigenvalue weighted by Crippen LogP contribution is 2.45. The third-order valence-corrected chi connectivity index (χ3v) is 12.7. The van der Waals surface area contributed by atoms with Crippen LogP contribution in [0.15, 0.2) is 97.1 Å². The SMILES string of the molecule is CC(C)(C)c1cc(-c2ccc(-c3cc(N4CCCCC4=O)c(-c4ccc(-c5cc(C(C)(C)C)cc(C(C)(C)C)c5)cc4)cc3N3CCCCC3=O)cc2)cc(C(C)(C)C)c1. The average molecular weight is 801 g/mol. The largest absolute Gasteiger partial charge is 0.312 e. The van der Waals surface area contributed by atoms with E-state index in [-0.39, 0.29) is 33.5 Å². The van der Waals surface area contributed by atoms with Gasteiger partial charge in [-0.25, -0.2) is 0 Å². The van der Waals surface area contributed by atoms with Crippen molar-refractivity contribution in [3.05, 3.63) is 119 Å². The van der Waals surface area contributed by atoms with Crippen LogP contribution in [0.1, 0.15) is 144 Å². The fourth-order valence-corrected chi connectivity index (χ4v) is 8.61. The van der Waals surface area contributed by atoms with Crippen molar-refractivity contribution in [1.29, 1.82) is 0 Å². The molecule has 0 bridgehead atoms. The van der Waals surface area contributed by atoms with Gasteiger partial charge in [0, 0.05) is 37.1 Å². The predicted octanol–water partition coefficient (Wildman–Crippen LogP) is 14.6. The van der Waals surface area contributed by atoms with Crippen molar-refractivity contribution in [3.63, 3.8) is 0 Å². The van der Waals surface area contributed by atoms with E-state index < -0.39 is 0 Å². The molecule has 2 heterocycles. The van der Waals surface area contributed by atoms with Gasteiger partial charge in [-0.05, 0) is 115 Å². The molecule has 2 saturated heterocycles. The van der Waals surface area contributed by atoms with Crippen molar-refractivity contribution in [3.8, 4) is 44.5 Å². The minimum atomic E-state index is 0.0172. The molecular formula is C56H68N2O2. The van der Waals surface area contributed by atoms with Crippen LogP contribution in [0.2, 0.25) is 0 Å². The molecule has 0 spiro atoms. The van der Waals surface area contributed by atoms with Gasteiger partial charge < -0.3 is 9.80 Å². The maximum atomic E-state index is 13.8. The Labute approximate surface area is 361 Å². The molecule has 2 aliphatic rings. The van der Waals surface area contributed by atoms with E-state index in [1.54, 1.807) is 0 Å². The lowest BCUT2D eigenvalue weighted by Gasteiger charge is -2.33. The summed E-state index contributed by atoms with van der Waals surface area (Å²) in [7, 11) is 0. The molecule has 0 atom stereocenters. The Morgan fingerprint density at radius 2 is 0.633 bits per heavy atom. The molecule has 0 aliphatic carbocycles. The summed E-state index contributed by atoms with van der Waals surface area (Å²) in [5.74, 6) is 0.314. The average Bonchev–Trinajstić information content (AvgIpc) is 3.19. The van der Waals surface area contributed by atoms with Crippen LogP contribution < -0.4 is 9.80 Å². The van der Waals surface area contributed by atoms with E-state index in [0.717, 1.165) is 70.4 Å². The number of anilines is 2. The Balaban J connectivity index is 1.37. The fourth-order valence-electron chi connectivity index (χ4n) is 8.61. The molecule has 0 N–H and O–H groups in total. The van der Waals surface area contributed by atoms with Crippen LogP contribution in [0.25, 0.3) is 44.5 Å². The summed E-state index contributed by atoms with van der Waals surface area (Å²) in [6.45, 7) is 28.7. The van der Waals surface area contributed by atoms with E-state index >= 15 is 0 Å². The molecule has 0 radical (unpaired) electrons. The van der Waals surface area contributed by atoms with E-state index in [1.807, 2.05) is 9.80 Å². The molecule has 0 saturated carbocycles. The van der Waals surface area contributed by atoms with Crippen LogP contribution in [0.3, 0.4) is 0 Å². The summed E-state index contributed by atoms with van der Waals surface area (Å²) in [5.41, 5.74) is 16.0. The van der Waals surface area contributed by atoms with Gasteiger partial charge in [0.1, 0.15) is 0 Å². The number of carbonyl (C=O) groups excluding carboxylic acids is 2. The van der Waals surface area contributed by atoms with Crippen molar-refractivity contribution < 1.29 is 9.59 Å². The summed E-state index contributed by atoms with van der Waals surface area (Å²) >= 11 is 0. The summed E-state index contributed by atoms with van der Waals surface area (Å²) in [5, 5.41) is 0. The molecule has 60 heavy (non-hydrogen) atoms. The van der Waals surface area contributed by atoms with Gasteiger partial charge in [0.2, 0.25) is 11.8 Å². The first-order valence-corrected chi connectivity index (χ1v) is 22.4. The van der Waals surface area contributed by atoms with Gasteiger partial charge in [-0.2, -0.15) is 0 Å². The molecular weight excluding hydrogens is 733 g/mol. The van der Waals surface area contributed by atoms with Crippen LogP contribution in [0, 0.1) is 0 Å². The highest BCUT2D eigenvalue weighted by Gasteiger charge is 2.29. The molecule has 0 aromatic heterocycles. The monoisotopic (exact) mass is 801 g/mol. The zero-order chi connectivity index (χ0) is 43.4. The lowest BCUT2D eigenvalue weighted by Crippen LogP contribution is -2.37. The highest BCUT2D eigenvalue weighted by molar-refractivity contribution is 6.05. The first-order chi connectivity index (χ1) is 28.1. The lowest BCUT2D eigenvalue weighted by molar-refractivity contribution is -0.120. The summed E-state index contributed by atoms with van der Waals surface area (Å²) in [4.78, 5) is 31.6. The molecule has 7 rings (SSSR count). The number of hydrogen-bond donors (Lipinski definition) is 0. The van der Waals surface area contributed by atoms with Gasteiger partial charge in [0.25, 0.3) is 0 Å². The van der Waals surface area contributed by atoms with Gasteiger partial charge >= 0.3 is 0 Å². The number of amides is 2. The van der Waals surface area contributed by atoms with Gasteiger partial charge in [-0.1, -0.05) is 168 Å². The zero-order valence-electron chi connectivity index (χ0n) is 38.6. The minimum Gasteiger partial charge on any atom is -0.312 e. The van der Waals surface area contributed by atoms with Gasteiger partial charge in [-0.15, -0.1) is 0 Å². The Hall–Kier alpha value is -4.96. The Morgan fingerprint density at radius 3 is 0.900 bits per heavy atom. The Bertz CT molecular complexity index is 2150. The lowest BCUT2D eigenvalue weighted by atomic mass is 9.79. The van der Waals surface area contributed by atoms with Crippen LogP contribution in [-0.2, 0) is 31.2 Å². The summed E-state index contributed by atoms with van der Waals surface area (Å²) in [6, 6.07) is 36.2.